The van der Waals surface area contributed by atoms with Crippen LogP contribution in [0.5, 0.6) is 0 Å². The summed E-state index contributed by atoms with van der Waals surface area (Å²) in [5, 5.41) is 0. The summed E-state index contributed by atoms with van der Waals surface area (Å²) in [7, 11) is 0. The van der Waals surface area contributed by atoms with Crippen LogP contribution in [0.3, 0.4) is 0 Å². The summed E-state index contributed by atoms with van der Waals surface area (Å²) in [4.78, 5) is 0. The van der Waals surface area contributed by atoms with Crippen LogP contribution in [0.25, 0.3) is 0 Å². The van der Waals surface area contributed by atoms with Gasteiger partial charge in [0.25, 0.3) is 0 Å². The molecule has 0 saturated heterocycles. The number of hydrogen-bond donors (Lipinski definition) is 1. The highest BCUT2D eigenvalue weighted by molar-refractivity contribution is 9.12. The smallest absolute Gasteiger partial charge is 0.0417 e. The van der Waals surface area contributed by atoms with Crippen molar-refractivity contribution < 1.29 is 0 Å². The zero-order valence-electron chi connectivity index (χ0n) is 9.19. The van der Waals surface area contributed by atoms with Crippen LogP contribution in [0.1, 0.15) is 33.1 Å². The van der Waals surface area contributed by atoms with Crippen LogP contribution in [0, 0.1) is 5.92 Å². The van der Waals surface area contributed by atoms with Crippen LogP contribution in [0.2, 0.25) is 0 Å². The van der Waals surface area contributed by atoms with Gasteiger partial charge in [0.05, 0.1) is 0 Å². The van der Waals surface area contributed by atoms with Crippen molar-refractivity contribution in [1.29, 1.82) is 0 Å². The first-order valence-corrected chi connectivity index (χ1v) is 6.76. The summed E-state index contributed by atoms with van der Waals surface area (Å²) in [5.41, 5.74) is 8.15. The Bertz CT molecular complexity index is 327. The van der Waals surface area contributed by atoms with Gasteiger partial charge in [0, 0.05) is 10.2 Å². The van der Waals surface area contributed by atoms with E-state index in [1.165, 1.54) is 10.1 Å². The van der Waals surface area contributed by atoms with Crippen LogP contribution in [-0.2, 0) is 0 Å². The maximum atomic E-state index is 5.98. The normalized spacial score (nSPS) is 36.4. The highest BCUT2D eigenvalue weighted by Gasteiger charge is 2.07. The van der Waals surface area contributed by atoms with Crippen LogP contribution in [0.4, 0.5) is 0 Å². The Labute approximate surface area is 109 Å². The number of nitrogens with two attached hydrogens (primary N) is 1. The molecule has 1 aliphatic rings. The average Bonchev–Trinajstić information content (AvgIpc) is 2.20. The lowest BCUT2D eigenvalue weighted by Crippen LogP contribution is -2.02. The van der Waals surface area contributed by atoms with Gasteiger partial charge in [-0.05, 0) is 52.5 Å². The number of hydrogen-bond acceptors (Lipinski definition) is 1. The molecule has 1 aliphatic carbocycles. The van der Waals surface area contributed by atoms with Crippen molar-refractivity contribution >= 4 is 31.9 Å². The van der Waals surface area contributed by atoms with Crippen molar-refractivity contribution in [2.75, 3.05) is 0 Å². The molecule has 0 aromatic carbocycles. The molecule has 0 amide bonds. The zero-order valence-corrected chi connectivity index (χ0v) is 12.4. The second kappa shape index (κ2) is 5.90. The molecule has 1 unspecified atom stereocenters. The first kappa shape index (κ1) is 13.0. The van der Waals surface area contributed by atoms with E-state index in [-0.39, 0.29) is 0 Å². The van der Waals surface area contributed by atoms with Crippen molar-refractivity contribution in [2.45, 2.75) is 33.1 Å². The van der Waals surface area contributed by atoms with E-state index in [0.717, 1.165) is 29.4 Å². The number of allylic oxidation sites excluding steroid dienone is 5. The number of halogens is 2. The van der Waals surface area contributed by atoms with Gasteiger partial charge in [-0.3, -0.25) is 0 Å². The predicted octanol–water partition coefficient (Wildman–Crippen LogP) is 4.60. The van der Waals surface area contributed by atoms with Crippen molar-refractivity contribution in [3.63, 3.8) is 0 Å². The standard InChI is InChI=1S/C12H17Br2N/c1-8-3-6-11(15)12(14)9(2)4-5-10(13)7-8/h6-8H,3-5,15H2,1-2H3/b10-7+,11-6-,12-9+. The van der Waals surface area contributed by atoms with Crippen LogP contribution in [0.15, 0.2) is 32.4 Å². The van der Waals surface area contributed by atoms with E-state index >= 15 is 0 Å². The predicted molar refractivity (Wildman–Crippen MR) is 73.9 cm³/mol. The third-order valence-electron chi connectivity index (χ3n) is 2.54. The van der Waals surface area contributed by atoms with Crippen molar-refractivity contribution in [2.24, 2.45) is 11.7 Å². The van der Waals surface area contributed by atoms with E-state index in [2.05, 4.69) is 57.9 Å². The van der Waals surface area contributed by atoms with Crippen molar-refractivity contribution in [1.82, 2.24) is 0 Å². The van der Waals surface area contributed by atoms with Gasteiger partial charge in [-0.2, -0.15) is 0 Å². The molecular weight excluding hydrogens is 318 g/mol. The maximum absolute atomic E-state index is 5.98. The summed E-state index contributed by atoms with van der Waals surface area (Å²) < 4.78 is 2.36. The minimum atomic E-state index is 0.539. The Morgan fingerprint density at radius 2 is 2.00 bits per heavy atom. The fourth-order valence-electron chi connectivity index (χ4n) is 1.53. The molecule has 84 valence electrons. The minimum absolute atomic E-state index is 0.539. The summed E-state index contributed by atoms with van der Waals surface area (Å²) in [6, 6.07) is 0. The zero-order chi connectivity index (χ0) is 11.4. The molecule has 0 aliphatic heterocycles. The molecule has 3 heteroatoms. The minimum Gasteiger partial charge on any atom is -0.398 e. The summed E-state index contributed by atoms with van der Waals surface area (Å²) in [6.45, 7) is 4.33. The van der Waals surface area contributed by atoms with E-state index in [1.54, 1.807) is 0 Å². The van der Waals surface area contributed by atoms with E-state index in [0.29, 0.717) is 5.92 Å². The lowest BCUT2D eigenvalue weighted by molar-refractivity contribution is 0.732. The molecule has 0 bridgehead atoms. The Morgan fingerprint density at radius 3 is 2.67 bits per heavy atom. The summed E-state index contributed by atoms with van der Waals surface area (Å²) in [6.07, 6.45) is 7.46. The highest BCUT2D eigenvalue weighted by atomic mass is 79.9. The topological polar surface area (TPSA) is 26.0 Å². The van der Waals surface area contributed by atoms with Gasteiger partial charge in [-0.25, -0.2) is 0 Å². The molecule has 0 heterocycles. The molecule has 1 nitrogen and oxygen atoms in total. The SMILES string of the molecule is C/C1=C(Br)/C(N)=C/CC(C)/C=C(/Br)CC1. The first-order chi connectivity index (χ1) is 7.00. The average molecular weight is 335 g/mol. The van der Waals surface area contributed by atoms with Gasteiger partial charge in [0.1, 0.15) is 0 Å². The maximum Gasteiger partial charge on any atom is 0.0417 e. The molecule has 2 N–H and O–H groups in total. The third-order valence-corrected chi connectivity index (χ3v) is 4.34. The molecule has 0 radical (unpaired) electrons. The third kappa shape index (κ3) is 4.15. The lowest BCUT2D eigenvalue weighted by Gasteiger charge is -2.12. The second-order valence-corrected chi connectivity index (χ2v) is 5.89. The van der Waals surface area contributed by atoms with Crippen LogP contribution < -0.4 is 5.73 Å². The second-order valence-electron chi connectivity index (χ2n) is 4.08. The monoisotopic (exact) mass is 333 g/mol. The van der Waals surface area contributed by atoms with Crippen molar-refractivity contribution in [3.8, 4) is 0 Å². The molecule has 0 saturated carbocycles. The van der Waals surface area contributed by atoms with Crippen LogP contribution >= 0.6 is 31.9 Å². The Balaban J connectivity index is 2.96. The van der Waals surface area contributed by atoms with Gasteiger partial charge in [0.2, 0.25) is 0 Å². The Morgan fingerprint density at radius 1 is 1.33 bits per heavy atom. The van der Waals surface area contributed by atoms with Crippen LogP contribution in [-0.4, -0.2) is 0 Å². The van der Waals surface area contributed by atoms with Crippen molar-refractivity contribution in [3.05, 3.63) is 32.4 Å². The molecular formula is C12H17Br2N. The van der Waals surface area contributed by atoms with E-state index < -0.39 is 0 Å². The van der Waals surface area contributed by atoms with Gasteiger partial charge in [0.15, 0.2) is 0 Å². The highest BCUT2D eigenvalue weighted by Crippen LogP contribution is 2.27. The molecule has 1 rings (SSSR count). The van der Waals surface area contributed by atoms with E-state index in [9.17, 15) is 0 Å². The molecule has 0 fully saturated rings. The van der Waals surface area contributed by atoms with Gasteiger partial charge in [-0.15, -0.1) is 0 Å². The summed E-state index contributed by atoms with van der Waals surface area (Å²) in [5.74, 6) is 0.539. The molecule has 0 spiro atoms. The van der Waals surface area contributed by atoms with Gasteiger partial charge < -0.3 is 5.73 Å². The number of rotatable bonds is 0. The molecule has 0 aromatic heterocycles. The fraction of sp³-hybridized carbons (Fsp3) is 0.500. The van der Waals surface area contributed by atoms with Gasteiger partial charge >= 0.3 is 0 Å². The largest absolute Gasteiger partial charge is 0.398 e. The molecule has 15 heavy (non-hydrogen) atoms. The molecule has 0 aromatic rings. The Hall–Kier alpha value is -0.0200. The van der Waals surface area contributed by atoms with E-state index in [4.69, 9.17) is 5.73 Å². The first-order valence-electron chi connectivity index (χ1n) is 5.18. The lowest BCUT2D eigenvalue weighted by atomic mass is 10.0. The quantitative estimate of drug-likeness (QED) is 0.688. The fourth-order valence-corrected chi connectivity index (χ4v) is 2.54. The van der Waals surface area contributed by atoms with E-state index in [1.807, 2.05) is 0 Å². The molecule has 1 atom stereocenters. The Kier molecular flexibility index (Phi) is 5.13. The van der Waals surface area contributed by atoms with Gasteiger partial charge in [-0.1, -0.05) is 40.6 Å². The summed E-state index contributed by atoms with van der Waals surface area (Å²) >= 11 is 7.16.